The molecule has 5 nitrogen and oxygen atoms in total. The zero-order valence-corrected chi connectivity index (χ0v) is 12.9. The zero-order chi connectivity index (χ0) is 17.9. The second kappa shape index (κ2) is 7.06. The number of pyridine rings is 1. The van der Waals surface area contributed by atoms with Crippen molar-refractivity contribution in [3.8, 4) is 0 Å². The van der Waals surface area contributed by atoms with E-state index in [1.807, 2.05) is 0 Å². The number of nitrogens with zero attached hydrogens (tertiary/aromatic N) is 1. The summed E-state index contributed by atoms with van der Waals surface area (Å²) in [6, 6.07) is 6.01. The number of rotatable bonds is 5. The van der Waals surface area contributed by atoms with Crippen LogP contribution >= 0.6 is 11.6 Å². The van der Waals surface area contributed by atoms with Crippen molar-refractivity contribution in [2.45, 2.75) is 12.3 Å². The third kappa shape index (κ3) is 4.15. The van der Waals surface area contributed by atoms with E-state index < -0.39 is 23.8 Å². The molecule has 1 unspecified atom stereocenters. The molecule has 0 bridgehead atoms. The third-order valence-corrected chi connectivity index (χ3v) is 3.50. The summed E-state index contributed by atoms with van der Waals surface area (Å²) in [5.74, 6) is -0.597. The second-order valence-corrected chi connectivity index (χ2v) is 5.31. The fourth-order valence-corrected chi connectivity index (χ4v) is 2.28. The van der Waals surface area contributed by atoms with Crippen molar-refractivity contribution in [1.29, 1.82) is 0 Å². The topological polar surface area (TPSA) is 88.2 Å². The monoisotopic (exact) mass is 359 g/mol. The number of aliphatic hydroxyl groups excluding tert-OH is 1. The summed E-state index contributed by atoms with van der Waals surface area (Å²) in [5.41, 5.74) is 4.00. The summed E-state index contributed by atoms with van der Waals surface area (Å²) in [6.07, 6.45) is -4.83. The highest BCUT2D eigenvalue weighted by Crippen LogP contribution is 2.34. The van der Waals surface area contributed by atoms with E-state index in [-0.39, 0.29) is 28.5 Å². The zero-order valence-electron chi connectivity index (χ0n) is 12.1. The Morgan fingerprint density at radius 1 is 1.38 bits per heavy atom. The first kappa shape index (κ1) is 18.0. The molecule has 0 spiro atoms. The van der Waals surface area contributed by atoms with Crippen LogP contribution in [0.5, 0.6) is 0 Å². The summed E-state index contributed by atoms with van der Waals surface area (Å²) in [4.78, 5) is 14.9. The van der Waals surface area contributed by atoms with Gasteiger partial charge in [0.15, 0.2) is 0 Å². The van der Waals surface area contributed by atoms with Gasteiger partial charge in [-0.05, 0) is 17.7 Å². The van der Waals surface area contributed by atoms with Crippen LogP contribution < -0.4 is 11.1 Å². The number of hydrogen-bond acceptors (Lipinski definition) is 4. The minimum absolute atomic E-state index is 0.0580. The lowest BCUT2D eigenvalue weighted by Crippen LogP contribution is -2.18. The number of carbonyl (C=O) groups is 1. The minimum Gasteiger partial charge on any atom is -0.387 e. The van der Waals surface area contributed by atoms with Crippen molar-refractivity contribution in [1.82, 2.24) is 4.98 Å². The van der Waals surface area contributed by atoms with Gasteiger partial charge in [0.05, 0.1) is 22.3 Å². The van der Waals surface area contributed by atoms with Crippen LogP contribution in [0.25, 0.3) is 0 Å². The Balaban J connectivity index is 2.15. The molecule has 0 fully saturated rings. The molecule has 1 amide bonds. The summed E-state index contributed by atoms with van der Waals surface area (Å²) < 4.78 is 38.8. The van der Waals surface area contributed by atoms with Crippen LogP contribution in [0.1, 0.15) is 27.6 Å². The van der Waals surface area contributed by atoms with Gasteiger partial charge in [-0.25, -0.2) is 4.98 Å². The van der Waals surface area contributed by atoms with Gasteiger partial charge in [0, 0.05) is 12.7 Å². The number of benzene rings is 1. The Morgan fingerprint density at radius 3 is 2.62 bits per heavy atom. The fraction of sp³-hybridized carbons (Fsp3) is 0.200. The standard InChI is InChI=1S/C15H13ClF3N3O2/c16-11-5-8(13(20)24)6-21-14(11)22-7-12(23)9-3-1-2-4-10(9)15(17,18)19/h1-6,12,23H,7H2,(H2,20,24)(H,21,22). The van der Waals surface area contributed by atoms with Crippen molar-refractivity contribution in [2.75, 3.05) is 11.9 Å². The molecule has 1 heterocycles. The van der Waals surface area contributed by atoms with Crippen LogP contribution in [0, 0.1) is 0 Å². The predicted molar refractivity (Wildman–Crippen MR) is 82.7 cm³/mol. The van der Waals surface area contributed by atoms with Gasteiger partial charge in [0.2, 0.25) is 5.91 Å². The lowest BCUT2D eigenvalue weighted by molar-refractivity contribution is -0.139. The molecule has 4 N–H and O–H groups in total. The van der Waals surface area contributed by atoms with Gasteiger partial charge in [-0.3, -0.25) is 4.79 Å². The molecular weight excluding hydrogens is 347 g/mol. The van der Waals surface area contributed by atoms with E-state index in [4.69, 9.17) is 17.3 Å². The molecule has 24 heavy (non-hydrogen) atoms. The maximum Gasteiger partial charge on any atom is 0.416 e. The number of halogens is 4. The minimum atomic E-state index is -4.57. The molecule has 1 atom stereocenters. The smallest absolute Gasteiger partial charge is 0.387 e. The number of alkyl halides is 3. The van der Waals surface area contributed by atoms with Gasteiger partial charge in [-0.15, -0.1) is 0 Å². The maximum absolute atomic E-state index is 12.9. The summed E-state index contributed by atoms with van der Waals surface area (Å²) in [5, 5.41) is 12.8. The first-order valence-corrected chi connectivity index (χ1v) is 7.11. The fourth-order valence-electron chi connectivity index (χ4n) is 2.05. The number of carbonyl (C=O) groups excluding carboxylic acids is 1. The van der Waals surface area contributed by atoms with Crippen molar-refractivity contribution in [2.24, 2.45) is 5.73 Å². The second-order valence-electron chi connectivity index (χ2n) is 4.90. The van der Waals surface area contributed by atoms with E-state index in [1.165, 1.54) is 30.5 Å². The number of hydrogen-bond donors (Lipinski definition) is 3. The summed E-state index contributed by atoms with van der Waals surface area (Å²) in [7, 11) is 0. The summed E-state index contributed by atoms with van der Waals surface area (Å²) in [6.45, 7) is -0.254. The highest BCUT2D eigenvalue weighted by atomic mass is 35.5. The van der Waals surface area contributed by atoms with Crippen molar-refractivity contribution >= 4 is 23.3 Å². The molecule has 0 radical (unpaired) electrons. The van der Waals surface area contributed by atoms with E-state index in [1.54, 1.807) is 0 Å². The van der Waals surface area contributed by atoms with Crippen LogP contribution in [-0.2, 0) is 6.18 Å². The molecular formula is C15H13ClF3N3O2. The molecule has 9 heteroatoms. The lowest BCUT2D eigenvalue weighted by atomic mass is 10.0. The van der Waals surface area contributed by atoms with Gasteiger partial charge in [0.1, 0.15) is 5.82 Å². The average Bonchev–Trinajstić information content (AvgIpc) is 2.52. The highest BCUT2D eigenvalue weighted by Gasteiger charge is 2.34. The van der Waals surface area contributed by atoms with Crippen LogP contribution in [0.2, 0.25) is 5.02 Å². The Bertz CT molecular complexity index is 753. The normalized spacial score (nSPS) is 12.7. The molecule has 2 aromatic rings. The van der Waals surface area contributed by atoms with E-state index in [9.17, 15) is 23.1 Å². The quantitative estimate of drug-likeness (QED) is 0.765. The first-order chi connectivity index (χ1) is 11.2. The van der Waals surface area contributed by atoms with Gasteiger partial charge in [-0.1, -0.05) is 29.8 Å². The van der Waals surface area contributed by atoms with E-state index in [0.29, 0.717) is 0 Å². The molecule has 1 aromatic heterocycles. The van der Waals surface area contributed by atoms with Crippen molar-refractivity contribution in [3.63, 3.8) is 0 Å². The Labute approximate surface area is 140 Å². The number of primary amides is 1. The Kier molecular flexibility index (Phi) is 5.30. The van der Waals surface area contributed by atoms with Gasteiger partial charge < -0.3 is 16.2 Å². The van der Waals surface area contributed by atoms with Crippen LogP contribution in [0.15, 0.2) is 36.5 Å². The molecule has 0 aliphatic rings. The molecule has 0 saturated carbocycles. The Morgan fingerprint density at radius 2 is 2.04 bits per heavy atom. The van der Waals surface area contributed by atoms with Gasteiger partial charge in [-0.2, -0.15) is 13.2 Å². The number of nitrogens with one attached hydrogen (secondary N) is 1. The molecule has 0 saturated heterocycles. The van der Waals surface area contributed by atoms with Crippen LogP contribution in [0.3, 0.4) is 0 Å². The molecule has 2 rings (SSSR count). The maximum atomic E-state index is 12.9. The average molecular weight is 360 g/mol. The van der Waals surface area contributed by atoms with Crippen molar-refractivity contribution < 1.29 is 23.1 Å². The lowest BCUT2D eigenvalue weighted by Gasteiger charge is -2.18. The van der Waals surface area contributed by atoms with Crippen LogP contribution in [-0.4, -0.2) is 22.5 Å². The van der Waals surface area contributed by atoms with Gasteiger partial charge >= 0.3 is 6.18 Å². The number of aliphatic hydroxyl groups is 1. The number of amides is 1. The van der Waals surface area contributed by atoms with Crippen LogP contribution in [0.4, 0.5) is 19.0 Å². The highest BCUT2D eigenvalue weighted by molar-refractivity contribution is 6.33. The van der Waals surface area contributed by atoms with E-state index in [0.717, 1.165) is 6.07 Å². The Hall–Kier alpha value is -2.32. The third-order valence-electron chi connectivity index (χ3n) is 3.21. The van der Waals surface area contributed by atoms with Crippen molar-refractivity contribution in [3.05, 3.63) is 58.2 Å². The van der Waals surface area contributed by atoms with Gasteiger partial charge in [0.25, 0.3) is 0 Å². The summed E-state index contributed by atoms with van der Waals surface area (Å²) >= 11 is 5.91. The number of aromatic nitrogens is 1. The van der Waals surface area contributed by atoms with E-state index >= 15 is 0 Å². The molecule has 0 aliphatic heterocycles. The van der Waals surface area contributed by atoms with E-state index in [2.05, 4.69) is 10.3 Å². The SMILES string of the molecule is NC(=O)c1cnc(NCC(O)c2ccccc2C(F)(F)F)c(Cl)c1. The molecule has 1 aromatic carbocycles. The first-order valence-electron chi connectivity index (χ1n) is 6.73. The molecule has 128 valence electrons. The predicted octanol–water partition coefficient (Wildman–Crippen LogP) is 3.00. The largest absolute Gasteiger partial charge is 0.416 e. The molecule has 0 aliphatic carbocycles. The number of nitrogens with two attached hydrogens (primary N) is 1. The number of anilines is 1.